The molecule has 0 fully saturated rings. The van der Waals surface area contributed by atoms with Gasteiger partial charge in [0.2, 0.25) is 5.91 Å². The molecule has 25 heavy (non-hydrogen) atoms. The van der Waals surface area contributed by atoms with Gasteiger partial charge in [0, 0.05) is 25.1 Å². The van der Waals surface area contributed by atoms with E-state index >= 15 is 0 Å². The molecule has 0 unspecified atom stereocenters. The Morgan fingerprint density at radius 2 is 2.20 bits per heavy atom. The smallest absolute Gasteiger partial charge is 0.279 e. The normalized spacial score (nSPS) is 16.3. The second-order valence-corrected chi connectivity index (χ2v) is 6.58. The molecule has 0 saturated heterocycles. The summed E-state index contributed by atoms with van der Waals surface area (Å²) in [6, 6.07) is 3.00. The number of amides is 1. The van der Waals surface area contributed by atoms with Gasteiger partial charge >= 0.3 is 0 Å². The van der Waals surface area contributed by atoms with Crippen LogP contribution in [0.5, 0.6) is 0 Å². The summed E-state index contributed by atoms with van der Waals surface area (Å²) in [5.74, 6) is -1.76. The van der Waals surface area contributed by atoms with E-state index in [1.165, 1.54) is 11.8 Å². The molecule has 1 atom stereocenters. The lowest BCUT2D eigenvalue weighted by Crippen LogP contribution is -2.33. The Morgan fingerprint density at radius 3 is 2.92 bits per heavy atom. The van der Waals surface area contributed by atoms with Gasteiger partial charge in [-0.05, 0) is 23.8 Å². The summed E-state index contributed by atoms with van der Waals surface area (Å²) in [7, 11) is 1.65. The topological polar surface area (TPSA) is 64.0 Å². The van der Waals surface area contributed by atoms with Gasteiger partial charge < -0.3 is 9.88 Å². The molecular formula is C17H15F2N3O2S. The Kier molecular flexibility index (Phi) is 4.71. The highest BCUT2D eigenvalue weighted by atomic mass is 32.2. The number of thioether (sulfide) groups is 1. The van der Waals surface area contributed by atoms with E-state index < -0.39 is 23.1 Å². The fourth-order valence-corrected chi connectivity index (χ4v) is 3.54. The molecule has 1 amide bonds. The van der Waals surface area contributed by atoms with Crippen molar-refractivity contribution in [2.24, 2.45) is 7.05 Å². The summed E-state index contributed by atoms with van der Waals surface area (Å²) in [5, 5.41) is 3.06. The minimum absolute atomic E-state index is 0.0264. The zero-order chi connectivity index (χ0) is 18.1. The molecule has 1 N–H and O–H groups in total. The molecule has 1 aromatic heterocycles. The van der Waals surface area contributed by atoms with Crippen molar-refractivity contribution in [3.05, 3.63) is 64.0 Å². The standard InChI is InChI=1S/C17H15F2N3O2S/c1-3-6-25-17-21-16(24)14-11(8-13(23)20-15(14)22(17)2)10-7-9(18)4-5-12(10)19/h3-5,7,11H,1,6,8H2,2H3,(H,20,23)/t11-/m1/s1. The second-order valence-electron chi connectivity index (χ2n) is 5.59. The Morgan fingerprint density at radius 1 is 1.44 bits per heavy atom. The molecule has 8 heteroatoms. The molecule has 0 bridgehead atoms. The summed E-state index contributed by atoms with van der Waals surface area (Å²) < 4.78 is 29.4. The van der Waals surface area contributed by atoms with Crippen LogP contribution in [0.4, 0.5) is 14.6 Å². The van der Waals surface area contributed by atoms with Crippen molar-refractivity contribution in [3.8, 4) is 0 Å². The van der Waals surface area contributed by atoms with Gasteiger partial charge in [-0.1, -0.05) is 17.8 Å². The number of nitrogens with zero attached hydrogens (tertiary/aromatic N) is 2. The summed E-state index contributed by atoms with van der Waals surface area (Å²) >= 11 is 1.29. The molecule has 1 aromatic carbocycles. The number of carbonyl (C=O) groups is 1. The predicted molar refractivity (Wildman–Crippen MR) is 91.8 cm³/mol. The van der Waals surface area contributed by atoms with Crippen LogP contribution < -0.4 is 10.9 Å². The SMILES string of the molecule is C=CCSc1nc(=O)c2c(n1C)NC(=O)C[C@@H]2c1cc(F)ccc1F. The Balaban J connectivity index is 2.20. The van der Waals surface area contributed by atoms with E-state index in [2.05, 4.69) is 16.9 Å². The fraction of sp³-hybridized carbons (Fsp3) is 0.235. The minimum atomic E-state index is -0.885. The summed E-state index contributed by atoms with van der Waals surface area (Å²) in [4.78, 5) is 28.7. The lowest BCUT2D eigenvalue weighted by Gasteiger charge is -2.27. The van der Waals surface area contributed by atoms with Gasteiger partial charge in [-0.15, -0.1) is 6.58 Å². The second kappa shape index (κ2) is 6.79. The number of halogens is 2. The highest BCUT2D eigenvalue weighted by Crippen LogP contribution is 2.37. The number of rotatable bonds is 4. The molecule has 0 saturated carbocycles. The van der Waals surface area contributed by atoms with Gasteiger partial charge in [-0.2, -0.15) is 4.98 Å². The van der Waals surface area contributed by atoms with Crippen molar-refractivity contribution < 1.29 is 13.6 Å². The third kappa shape index (κ3) is 3.21. The van der Waals surface area contributed by atoms with Crippen LogP contribution in [0, 0.1) is 11.6 Å². The maximum Gasteiger partial charge on any atom is 0.279 e. The van der Waals surface area contributed by atoms with E-state index in [1.54, 1.807) is 17.7 Å². The summed E-state index contributed by atoms with van der Waals surface area (Å²) in [6.07, 6.45) is 1.52. The average Bonchev–Trinajstić information content (AvgIpc) is 2.58. The molecule has 1 aliphatic heterocycles. The van der Waals surface area contributed by atoms with Crippen LogP contribution in [0.25, 0.3) is 0 Å². The largest absolute Gasteiger partial charge is 0.312 e. The lowest BCUT2D eigenvalue weighted by atomic mass is 9.86. The van der Waals surface area contributed by atoms with E-state index in [1.807, 2.05) is 0 Å². The highest BCUT2D eigenvalue weighted by molar-refractivity contribution is 7.99. The molecule has 5 nitrogen and oxygen atoms in total. The molecule has 2 aromatic rings. The van der Waals surface area contributed by atoms with Crippen molar-refractivity contribution in [1.82, 2.24) is 9.55 Å². The van der Waals surface area contributed by atoms with Crippen LogP contribution in [0.15, 0.2) is 40.8 Å². The zero-order valence-corrected chi connectivity index (χ0v) is 14.2. The number of aromatic nitrogens is 2. The van der Waals surface area contributed by atoms with Crippen molar-refractivity contribution in [1.29, 1.82) is 0 Å². The number of hydrogen-bond donors (Lipinski definition) is 1. The first kappa shape index (κ1) is 17.3. The van der Waals surface area contributed by atoms with E-state index in [0.29, 0.717) is 10.9 Å². The number of hydrogen-bond acceptors (Lipinski definition) is 4. The van der Waals surface area contributed by atoms with Crippen LogP contribution in [0.1, 0.15) is 23.5 Å². The van der Waals surface area contributed by atoms with Gasteiger partial charge in [-0.3, -0.25) is 9.59 Å². The van der Waals surface area contributed by atoms with Gasteiger partial charge in [-0.25, -0.2) is 8.78 Å². The number of nitrogens with one attached hydrogen (secondary N) is 1. The van der Waals surface area contributed by atoms with Crippen molar-refractivity contribution in [3.63, 3.8) is 0 Å². The minimum Gasteiger partial charge on any atom is -0.312 e. The Hall–Kier alpha value is -2.48. The lowest BCUT2D eigenvalue weighted by molar-refractivity contribution is -0.116. The molecule has 2 heterocycles. The van der Waals surface area contributed by atoms with Crippen LogP contribution in [-0.4, -0.2) is 21.2 Å². The molecule has 0 radical (unpaired) electrons. The monoisotopic (exact) mass is 363 g/mol. The van der Waals surface area contributed by atoms with Crippen molar-refractivity contribution >= 4 is 23.5 Å². The highest BCUT2D eigenvalue weighted by Gasteiger charge is 2.33. The molecule has 0 spiro atoms. The first-order valence-electron chi connectivity index (χ1n) is 7.51. The zero-order valence-electron chi connectivity index (χ0n) is 13.4. The van der Waals surface area contributed by atoms with Crippen LogP contribution in [0.2, 0.25) is 0 Å². The maximum absolute atomic E-state index is 14.2. The predicted octanol–water partition coefficient (Wildman–Crippen LogP) is 2.81. The van der Waals surface area contributed by atoms with E-state index in [-0.39, 0.29) is 29.3 Å². The van der Waals surface area contributed by atoms with Gasteiger partial charge in [0.15, 0.2) is 5.16 Å². The molecule has 1 aliphatic rings. The number of fused-ring (bicyclic) bond motifs is 1. The average molecular weight is 363 g/mol. The number of carbonyl (C=O) groups excluding carboxylic acids is 1. The third-order valence-electron chi connectivity index (χ3n) is 3.96. The van der Waals surface area contributed by atoms with E-state index in [4.69, 9.17) is 0 Å². The van der Waals surface area contributed by atoms with Gasteiger partial charge in [0.1, 0.15) is 17.5 Å². The van der Waals surface area contributed by atoms with Gasteiger partial charge in [0.05, 0.1) is 5.56 Å². The maximum atomic E-state index is 14.2. The first-order chi connectivity index (χ1) is 11.9. The Labute approximate surface area is 146 Å². The van der Waals surface area contributed by atoms with Crippen LogP contribution in [-0.2, 0) is 11.8 Å². The third-order valence-corrected chi connectivity index (χ3v) is 4.99. The molecule has 3 rings (SSSR count). The fourth-order valence-electron chi connectivity index (χ4n) is 2.85. The van der Waals surface area contributed by atoms with Crippen molar-refractivity contribution in [2.45, 2.75) is 17.5 Å². The quantitative estimate of drug-likeness (QED) is 0.515. The number of anilines is 1. The summed E-state index contributed by atoms with van der Waals surface area (Å²) in [5.41, 5.74) is -0.427. The molecular weight excluding hydrogens is 348 g/mol. The summed E-state index contributed by atoms with van der Waals surface area (Å²) in [6.45, 7) is 3.61. The molecule has 130 valence electrons. The van der Waals surface area contributed by atoms with Crippen LogP contribution >= 0.6 is 11.8 Å². The Bertz CT molecular complexity index is 927. The number of benzene rings is 1. The van der Waals surface area contributed by atoms with E-state index in [9.17, 15) is 18.4 Å². The van der Waals surface area contributed by atoms with Crippen LogP contribution in [0.3, 0.4) is 0 Å². The van der Waals surface area contributed by atoms with E-state index in [0.717, 1.165) is 18.2 Å². The first-order valence-corrected chi connectivity index (χ1v) is 8.50. The van der Waals surface area contributed by atoms with Gasteiger partial charge in [0.25, 0.3) is 5.56 Å². The molecule has 0 aliphatic carbocycles. The van der Waals surface area contributed by atoms with Crippen molar-refractivity contribution in [2.75, 3.05) is 11.1 Å².